The summed E-state index contributed by atoms with van der Waals surface area (Å²) in [6, 6.07) is 25.1. The molecule has 0 aliphatic heterocycles. The summed E-state index contributed by atoms with van der Waals surface area (Å²) in [6.07, 6.45) is -0.0315. The van der Waals surface area contributed by atoms with Crippen LogP contribution in [0.25, 0.3) is 11.0 Å². The van der Waals surface area contributed by atoms with Gasteiger partial charge in [-0.05, 0) is 29.3 Å². The first kappa shape index (κ1) is 17.0. The summed E-state index contributed by atoms with van der Waals surface area (Å²) in [7, 11) is 0. The lowest BCUT2D eigenvalue weighted by Gasteiger charge is -2.17. The Balaban J connectivity index is 1.64. The molecule has 3 aromatic carbocycles. The molecule has 0 aliphatic rings. The highest BCUT2D eigenvalue weighted by Gasteiger charge is 2.21. The van der Waals surface area contributed by atoms with Crippen molar-refractivity contribution in [1.82, 2.24) is 5.32 Å². The van der Waals surface area contributed by atoms with Crippen molar-refractivity contribution >= 4 is 16.9 Å². The van der Waals surface area contributed by atoms with E-state index in [0.717, 1.165) is 16.5 Å². The molecule has 0 spiro atoms. The maximum Gasteiger partial charge on any atom is 0.225 e. The van der Waals surface area contributed by atoms with Crippen molar-refractivity contribution in [2.24, 2.45) is 0 Å². The molecular formula is C23H18FNO2. The lowest BCUT2D eigenvalue weighted by Crippen LogP contribution is -2.30. The number of hydrogen-bond donors (Lipinski definition) is 1. The number of carbonyl (C=O) groups is 1. The molecule has 1 heterocycles. The molecule has 1 unspecified atom stereocenters. The predicted octanol–water partition coefficient (Wildman–Crippen LogP) is 5.02. The molecule has 0 fully saturated rings. The Morgan fingerprint density at radius 1 is 0.926 bits per heavy atom. The second kappa shape index (κ2) is 7.46. The number of para-hydroxylation sites is 1. The van der Waals surface area contributed by atoms with E-state index in [4.69, 9.17) is 4.42 Å². The molecule has 4 heteroatoms. The zero-order valence-corrected chi connectivity index (χ0v) is 14.6. The average Bonchev–Trinajstić information content (AvgIpc) is 3.12. The van der Waals surface area contributed by atoms with Crippen LogP contribution in [0.1, 0.15) is 22.9 Å². The smallest absolute Gasteiger partial charge is 0.225 e. The molecule has 1 amide bonds. The Kier molecular flexibility index (Phi) is 4.71. The van der Waals surface area contributed by atoms with E-state index in [1.54, 1.807) is 18.2 Å². The van der Waals surface area contributed by atoms with Crippen LogP contribution in [0.3, 0.4) is 0 Å². The zero-order chi connectivity index (χ0) is 18.6. The second-order valence-electron chi connectivity index (χ2n) is 6.37. The highest BCUT2D eigenvalue weighted by atomic mass is 19.1. The highest BCUT2D eigenvalue weighted by molar-refractivity contribution is 5.81. The van der Waals surface area contributed by atoms with Crippen LogP contribution in [-0.4, -0.2) is 5.91 Å². The molecule has 4 rings (SSSR count). The Bertz CT molecular complexity index is 1040. The number of amides is 1. The van der Waals surface area contributed by atoms with Crippen LogP contribution >= 0.6 is 0 Å². The van der Waals surface area contributed by atoms with Crippen molar-refractivity contribution in [3.05, 3.63) is 108 Å². The number of carbonyl (C=O) groups excluding carboxylic acids is 1. The van der Waals surface area contributed by atoms with Crippen LogP contribution < -0.4 is 5.32 Å². The van der Waals surface area contributed by atoms with E-state index in [0.29, 0.717) is 11.3 Å². The molecule has 0 saturated carbocycles. The zero-order valence-electron chi connectivity index (χ0n) is 14.6. The van der Waals surface area contributed by atoms with Crippen LogP contribution in [-0.2, 0) is 11.2 Å². The van der Waals surface area contributed by atoms with Crippen LogP contribution in [0, 0.1) is 5.82 Å². The Morgan fingerprint density at radius 3 is 2.41 bits per heavy atom. The van der Waals surface area contributed by atoms with Gasteiger partial charge in [0.15, 0.2) is 0 Å². The van der Waals surface area contributed by atoms with Gasteiger partial charge in [0.1, 0.15) is 23.2 Å². The minimum absolute atomic E-state index is 0.0315. The quantitative estimate of drug-likeness (QED) is 0.544. The number of fused-ring (bicyclic) bond motifs is 1. The first-order valence-corrected chi connectivity index (χ1v) is 8.77. The number of nitrogens with one attached hydrogen (secondary N) is 1. The molecule has 134 valence electrons. The summed E-state index contributed by atoms with van der Waals surface area (Å²) in [4.78, 5) is 12.6. The van der Waals surface area contributed by atoms with E-state index in [9.17, 15) is 9.18 Å². The number of benzene rings is 3. The molecule has 3 nitrogen and oxygen atoms in total. The fraction of sp³-hybridized carbons (Fsp3) is 0.0870. The van der Waals surface area contributed by atoms with Crippen molar-refractivity contribution in [2.45, 2.75) is 12.5 Å². The SMILES string of the molecule is O=C(Cc1ccccc1F)NC(c1ccccc1)c1cc2ccccc2o1. The van der Waals surface area contributed by atoms with Gasteiger partial charge < -0.3 is 9.73 Å². The fourth-order valence-electron chi connectivity index (χ4n) is 3.14. The first-order chi connectivity index (χ1) is 13.2. The van der Waals surface area contributed by atoms with Crippen LogP contribution in [0.2, 0.25) is 0 Å². The van der Waals surface area contributed by atoms with Gasteiger partial charge in [-0.1, -0.05) is 66.7 Å². The number of halogens is 1. The minimum atomic E-state index is -0.446. The van der Waals surface area contributed by atoms with Crippen molar-refractivity contribution in [1.29, 1.82) is 0 Å². The lowest BCUT2D eigenvalue weighted by molar-refractivity contribution is -0.121. The topological polar surface area (TPSA) is 42.2 Å². The van der Waals surface area contributed by atoms with Gasteiger partial charge in [-0.15, -0.1) is 0 Å². The molecule has 27 heavy (non-hydrogen) atoms. The lowest BCUT2D eigenvalue weighted by atomic mass is 10.0. The summed E-state index contributed by atoms with van der Waals surface area (Å²) in [5.41, 5.74) is 2.03. The third-order valence-corrected chi connectivity index (χ3v) is 4.48. The van der Waals surface area contributed by atoms with Crippen molar-refractivity contribution in [3.8, 4) is 0 Å². The van der Waals surface area contributed by atoms with Gasteiger partial charge in [0, 0.05) is 5.39 Å². The molecule has 0 saturated heterocycles. The summed E-state index contributed by atoms with van der Waals surface area (Å²) in [6.45, 7) is 0. The largest absolute Gasteiger partial charge is 0.459 e. The molecule has 1 N–H and O–H groups in total. The van der Waals surface area contributed by atoms with Crippen LogP contribution in [0.4, 0.5) is 4.39 Å². The van der Waals surface area contributed by atoms with E-state index in [2.05, 4.69) is 5.32 Å². The molecule has 0 radical (unpaired) electrons. The van der Waals surface area contributed by atoms with E-state index < -0.39 is 6.04 Å². The van der Waals surface area contributed by atoms with Gasteiger partial charge in [-0.2, -0.15) is 0 Å². The van der Waals surface area contributed by atoms with E-state index in [-0.39, 0.29) is 18.1 Å². The highest BCUT2D eigenvalue weighted by Crippen LogP contribution is 2.28. The number of rotatable bonds is 5. The average molecular weight is 359 g/mol. The van der Waals surface area contributed by atoms with Crippen LogP contribution in [0.15, 0.2) is 89.3 Å². The Labute approximate surface area is 156 Å². The summed E-state index contributed by atoms with van der Waals surface area (Å²) in [5.74, 6) is -0.00802. The van der Waals surface area contributed by atoms with Crippen molar-refractivity contribution in [2.75, 3.05) is 0 Å². The van der Waals surface area contributed by atoms with E-state index in [1.165, 1.54) is 6.07 Å². The molecular weight excluding hydrogens is 341 g/mol. The molecule has 1 atom stereocenters. The van der Waals surface area contributed by atoms with Gasteiger partial charge in [-0.3, -0.25) is 4.79 Å². The van der Waals surface area contributed by atoms with Gasteiger partial charge in [0.25, 0.3) is 0 Å². The summed E-state index contributed by atoms with van der Waals surface area (Å²) in [5, 5.41) is 3.96. The third-order valence-electron chi connectivity index (χ3n) is 4.48. The van der Waals surface area contributed by atoms with Gasteiger partial charge in [0.05, 0.1) is 6.42 Å². The molecule has 0 aliphatic carbocycles. The van der Waals surface area contributed by atoms with Gasteiger partial charge in [-0.25, -0.2) is 4.39 Å². The Morgan fingerprint density at radius 2 is 1.63 bits per heavy atom. The predicted molar refractivity (Wildman–Crippen MR) is 103 cm³/mol. The second-order valence-corrected chi connectivity index (χ2v) is 6.37. The van der Waals surface area contributed by atoms with Crippen molar-refractivity contribution in [3.63, 3.8) is 0 Å². The number of furan rings is 1. The first-order valence-electron chi connectivity index (χ1n) is 8.77. The standard InChI is InChI=1S/C23H18FNO2/c24-19-12-6-4-10-17(19)15-22(26)25-23(16-8-2-1-3-9-16)21-14-18-11-5-7-13-20(18)27-21/h1-14,23H,15H2,(H,25,26). The molecule has 1 aromatic heterocycles. The number of hydrogen-bond acceptors (Lipinski definition) is 2. The summed E-state index contributed by atoms with van der Waals surface area (Å²) < 4.78 is 19.8. The maximum atomic E-state index is 13.9. The van der Waals surface area contributed by atoms with E-state index >= 15 is 0 Å². The van der Waals surface area contributed by atoms with E-state index in [1.807, 2.05) is 60.7 Å². The minimum Gasteiger partial charge on any atom is -0.459 e. The molecule has 4 aromatic rings. The molecule has 0 bridgehead atoms. The van der Waals surface area contributed by atoms with Crippen molar-refractivity contribution < 1.29 is 13.6 Å². The van der Waals surface area contributed by atoms with Gasteiger partial charge >= 0.3 is 0 Å². The monoisotopic (exact) mass is 359 g/mol. The fourth-order valence-corrected chi connectivity index (χ4v) is 3.14. The maximum absolute atomic E-state index is 13.9. The third kappa shape index (κ3) is 3.75. The normalized spacial score (nSPS) is 12.0. The summed E-state index contributed by atoms with van der Waals surface area (Å²) >= 11 is 0. The van der Waals surface area contributed by atoms with Crippen LogP contribution in [0.5, 0.6) is 0 Å². The van der Waals surface area contributed by atoms with Gasteiger partial charge in [0.2, 0.25) is 5.91 Å². The Hall–Kier alpha value is -3.40.